The monoisotopic (exact) mass is 333 g/mol. The molecule has 15 heavy (non-hydrogen) atoms. The summed E-state index contributed by atoms with van der Waals surface area (Å²) in [5, 5.41) is 0. The van der Waals surface area contributed by atoms with Crippen LogP contribution < -0.4 is 5.56 Å². The third kappa shape index (κ3) is 4.20. The number of hydrogen-bond donors (Lipinski definition) is 0. The highest BCUT2D eigenvalue weighted by molar-refractivity contribution is 14.1. The molecule has 0 aliphatic rings. The van der Waals surface area contributed by atoms with Gasteiger partial charge in [-0.3, -0.25) is 9.53 Å². The average Bonchev–Trinajstić information content (AvgIpc) is 2.10. The molecule has 0 saturated heterocycles. The van der Waals surface area contributed by atoms with Crippen molar-refractivity contribution in [3.05, 3.63) is 32.3 Å². The molecule has 0 fully saturated rings. The summed E-state index contributed by atoms with van der Waals surface area (Å²) in [6.07, 6.45) is -3.23. The van der Waals surface area contributed by atoms with Crippen molar-refractivity contribution in [2.75, 3.05) is 6.61 Å². The van der Waals surface area contributed by atoms with Gasteiger partial charge < -0.3 is 4.57 Å². The Hall–Kier alpha value is -0.570. The summed E-state index contributed by atoms with van der Waals surface area (Å²) >= 11 is 1.82. The summed E-state index contributed by atoms with van der Waals surface area (Å²) in [5.41, 5.74) is -0.316. The van der Waals surface area contributed by atoms with Crippen molar-refractivity contribution in [1.82, 2.24) is 4.57 Å². The molecule has 0 unspecified atom stereocenters. The van der Waals surface area contributed by atoms with Gasteiger partial charge in [-0.1, -0.05) is 0 Å². The van der Waals surface area contributed by atoms with Gasteiger partial charge in [0.1, 0.15) is 0 Å². The van der Waals surface area contributed by atoms with Crippen molar-refractivity contribution in [2.24, 2.45) is 0 Å². The molecule has 84 valence electrons. The molecule has 0 aromatic carbocycles. The number of nitrogens with zero attached hydrogens (tertiary/aromatic N) is 1. The number of alkyl halides is 3. The van der Waals surface area contributed by atoms with Gasteiger partial charge in [0.25, 0.3) is 5.56 Å². The summed E-state index contributed by atoms with van der Waals surface area (Å²) in [4.78, 5) is 11.3. The van der Waals surface area contributed by atoms with Crippen LogP contribution in [0.1, 0.15) is 0 Å². The second-order valence-corrected chi connectivity index (χ2v) is 3.81. The van der Waals surface area contributed by atoms with Gasteiger partial charge in [-0.25, -0.2) is 0 Å². The van der Waals surface area contributed by atoms with E-state index >= 15 is 0 Å². The maximum absolute atomic E-state index is 11.6. The zero-order valence-electron chi connectivity index (χ0n) is 7.42. The molecule has 0 spiro atoms. The normalized spacial score (nSPS) is 11.7. The molecular weight excluding hydrogens is 326 g/mol. The number of hydrogen-bond acceptors (Lipinski definition) is 2. The standard InChI is InChI=1S/C8H7F3INO2/c9-8(10,11)15-5-4-13-3-1-2-6(12)7(13)14/h1-3H,4-5H2. The molecule has 0 radical (unpaired) electrons. The van der Waals surface area contributed by atoms with Crippen LogP contribution in [-0.2, 0) is 11.3 Å². The van der Waals surface area contributed by atoms with E-state index in [4.69, 9.17) is 0 Å². The van der Waals surface area contributed by atoms with E-state index in [9.17, 15) is 18.0 Å². The molecule has 7 heteroatoms. The van der Waals surface area contributed by atoms with Crippen LogP contribution in [0.4, 0.5) is 13.2 Å². The van der Waals surface area contributed by atoms with E-state index in [1.54, 1.807) is 12.1 Å². The number of pyridine rings is 1. The SMILES string of the molecule is O=c1c(I)cccn1CCOC(F)(F)F. The van der Waals surface area contributed by atoms with Gasteiger partial charge in [0, 0.05) is 12.7 Å². The van der Waals surface area contributed by atoms with Crippen LogP contribution in [0.5, 0.6) is 0 Å². The second kappa shape index (κ2) is 4.97. The van der Waals surface area contributed by atoms with Crippen molar-refractivity contribution in [3.8, 4) is 0 Å². The molecule has 3 nitrogen and oxygen atoms in total. The van der Waals surface area contributed by atoms with Crippen molar-refractivity contribution < 1.29 is 17.9 Å². The number of aromatic nitrogens is 1. The van der Waals surface area contributed by atoms with Gasteiger partial charge in [0.15, 0.2) is 0 Å². The van der Waals surface area contributed by atoms with E-state index < -0.39 is 13.0 Å². The van der Waals surface area contributed by atoms with Crippen LogP contribution in [0.2, 0.25) is 0 Å². The van der Waals surface area contributed by atoms with Crippen molar-refractivity contribution in [1.29, 1.82) is 0 Å². The smallest absolute Gasteiger partial charge is 0.312 e. The van der Waals surface area contributed by atoms with Gasteiger partial charge in [-0.05, 0) is 34.7 Å². The first-order valence-corrected chi connectivity index (χ1v) is 5.03. The average molecular weight is 333 g/mol. The predicted octanol–water partition coefficient (Wildman–Crippen LogP) is 1.99. The lowest BCUT2D eigenvalue weighted by atomic mass is 10.4. The van der Waals surface area contributed by atoms with E-state index in [0.717, 1.165) is 0 Å². The molecule has 0 amide bonds. The Balaban J connectivity index is 2.59. The Morgan fingerprint density at radius 3 is 2.73 bits per heavy atom. The first kappa shape index (κ1) is 12.5. The second-order valence-electron chi connectivity index (χ2n) is 2.65. The maximum atomic E-state index is 11.6. The Morgan fingerprint density at radius 1 is 1.47 bits per heavy atom. The van der Waals surface area contributed by atoms with E-state index in [-0.39, 0.29) is 12.1 Å². The largest absolute Gasteiger partial charge is 0.522 e. The van der Waals surface area contributed by atoms with Crippen molar-refractivity contribution >= 4 is 22.6 Å². The lowest BCUT2D eigenvalue weighted by Crippen LogP contribution is -2.25. The summed E-state index contributed by atoms with van der Waals surface area (Å²) < 4.78 is 40.1. The minimum Gasteiger partial charge on any atom is -0.312 e. The fourth-order valence-corrected chi connectivity index (χ4v) is 1.46. The van der Waals surface area contributed by atoms with Gasteiger partial charge in [-0.15, -0.1) is 13.2 Å². The molecule has 0 aliphatic heterocycles. The summed E-state index contributed by atoms with van der Waals surface area (Å²) in [5.74, 6) is 0. The first-order valence-electron chi connectivity index (χ1n) is 3.96. The van der Waals surface area contributed by atoms with Gasteiger partial charge in [0.05, 0.1) is 10.2 Å². The van der Waals surface area contributed by atoms with Crippen molar-refractivity contribution in [2.45, 2.75) is 12.9 Å². The molecule has 1 rings (SSSR count). The van der Waals surface area contributed by atoms with E-state index in [1.807, 2.05) is 22.6 Å². The molecule has 0 saturated carbocycles. The Labute approximate surface area is 97.0 Å². The summed E-state index contributed by atoms with van der Waals surface area (Å²) in [7, 11) is 0. The lowest BCUT2D eigenvalue weighted by molar-refractivity contribution is -0.325. The third-order valence-electron chi connectivity index (χ3n) is 1.57. The van der Waals surface area contributed by atoms with Crippen LogP contribution in [0.3, 0.4) is 0 Å². The number of ether oxygens (including phenoxy) is 1. The van der Waals surface area contributed by atoms with Crippen LogP contribution in [-0.4, -0.2) is 17.5 Å². The molecule has 0 aliphatic carbocycles. The fraction of sp³-hybridized carbons (Fsp3) is 0.375. The zero-order valence-corrected chi connectivity index (χ0v) is 9.58. The van der Waals surface area contributed by atoms with Crippen LogP contribution in [0.15, 0.2) is 23.1 Å². The Bertz CT molecular complexity index is 388. The molecule has 0 bridgehead atoms. The highest BCUT2D eigenvalue weighted by Crippen LogP contribution is 2.15. The zero-order chi connectivity index (χ0) is 11.5. The minimum atomic E-state index is -4.65. The molecule has 1 aromatic rings. The highest BCUT2D eigenvalue weighted by Gasteiger charge is 2.28. The summed E-state index contributed by atoms with van der Waals surface area (Å²) in [6.45, 7) is -0.682. The molecule has 0 N–H and O–H groups in total. The minimum absolute atomic E-state index is 0.116. The molecule has 1 heterocycles. The maximum Gasteiger partial charge on any atom is 0.522 e. The summed E-state index contributed by atoms with van der Waals surface area (Å²) in [6, 6.07) is 3.18. The topological polar surface area (TPSA) is 31.2 Å². The Morgan fingerprint density at radius 2 is 2.13 bits per heavy atom. The Kier molecular flexibility index (Phi) is 4.14. The van der Waals surface area contributed by atoms with E-state index in [0.29, 0.717) is 3.57 Å². The lowest BCUT2D eigenvalue weighted by Gasteiger charge is -2.08. The van der Waals surface area contributed by atoms with E-state index in [1.165, 1.54) is 10.8 Å². The van der Waals surface area contributed by atoms with Gasteiger partial charge in [0.2, 0.25) is 0 Å². The number of rotatable bonds is 3. The molecule has 0 atom stereocenters. The third-order valence-corrected chi connectivity index (χ3v) is 2.39. The number of halogens is 4. The predicted molar refractivity (Wildman–Crippen MR) is 55.4 cm³/mol. The van der Waals surface area contributed by atoms with Crippen LogP contribution in [0, 0.1) is 3.57 Å². The fourth-order valence-electron chi connectivity index (χ4n) is 0.943. The van der Waals surface area contributed by atoms with E-state index in [2.05, 4.69) is 4.74 Å². The molecular formula is C8H7F3INO2. The quantitative estimate of drug-likeness (QED) is 0.793. The first-order chi connectivity index (χ1) is 6.90. The molecule has 1 aromatic heterocycles. The van der Waals surface area contributed by atoms with Crippen LogP contribution in [0.25, 0.3) is 0 Å². The van der Waals surface area contributed by atoms with Crippen LogP contribution >= 0.6 is 22.6 Å². The van der Waals surface area contributed by atoms with Crippen molar-refractivity contribution in [3.63, 3.8) is 0 Å². The van der Waals surface area contributed by atoms with Gasteiger partial charge >= 0.3 is 6.36 Å². The van der Waals surface area contributed by atoms with Gasteiger partial charge in [-0.2, -0.15) is 0 Å². The highest BCUT2D eigenvalue weighted by atomic mass is 127.